The van der Waals surface area contributed by atoms with Crippen molar-refractivity contribution in [3.63, 3.8) is 0 Å². The first-order chi connectivity index (χ1) is 10.6. The molecule has 2 nitrogen and oxygen atoms in total. The van der Waals surface area contributed by atoms with Crippen LogP contribution in [-0.4, -0.2) is 12.5 Å². The maximum Gasteiger partial charge on any atom is 0.335 e. The van der Waals surface area contributed by atoms with Crippen molar-refractivity contribution in [1.29, 1.82) is 0 Å². The Hall–Kier alpha value is -2.35. The number of hydrogen-bond acceptors (Lipinski definition) is 2. The number of carbonyl (C=O) groups excluding carboxylic acids is 1. The molecule has 2 aromatic carbocycles. The molecule has 0 bridgehead atoms. The Balaban J connectivity index is 2.04. The van der Waals surface area contributed by atoms with E-state index in [2.05, 4.69) is 0 Å². The summed E-state index contributed by atoms with van der Waals surface area (Å²) >= 11 is 0. The lowest BCUT2D eigenvalue weighted by molar-refractivity contribution is -0.135. The molecule has 1 aliphatic heterocycles. The van der Waals surface area contributed by atoms with E-state index in [1.165, 1.54) is 0 Å². The minimum Gasteiger partial charge on any atom is -0.462 e. The fourth-order valence-electron chi connectivity index (χ4n) is 3.02. The first-order valence-corrected chi connectivity index (χ1v) is 6.69. The van der Waals surface area contributed by atoms with Crippen LogP contribution in [0, 0.1) is 5.92 Å². The highest BCUT2D eigenvalue weighted by Crippen LogP contribution is 2.41. The van der Waals surface area contributed by atoms with E-state index in [4.69, 9.17) is 7.48 Å². The molecule has 2 aromatic rings. The summed E-state index contributed by atoms with van der Waals surface area (Å²) < 4.78 is 21.1. The second-order valence-electron chi connectivity index (χ2n) is 5.08. The van der Waals surface area contributed by atoms with Gasteiger partial charge in [0.15, 0.2) is 0 Å². The monoisotopic (exact) mass is 264 g/mol. The van der Waals surface area contributed by atoms with Gasteiger partial charge in [-0.2, -0.15) is 0 Å². The summed E-state index contributed by atoms with van der Waals surface area (Å²) in [5.41, 5.74) is 4.24. The summed E-state index contributed by atoms with van der Waals surface area (Å²) in [6.07, 6.45) is 0.487. The fourth-order valence-corrected chi connectivity index (χ4v) is 3.02. The van der Waals surface area contributed by atoms with Crippen LogP contribution in [0.5, 0.6) is 0 Å². The first-order valence-electron chi connectivity index (χ1n) is 7.69. The van der Waals surface area contributed by atoms with Crippen LogP contribution in [0.15, 0.2) is 60.2 Å². The van der Waals surface area contributed by atoms with E-state index in [9.17, 15) is 4.79 Å². The average molecular weight is 264 g/mol. The summed E-state index contributed by atoms with van der Waals surface area (Å²) in [7, 11) is 0. The van der Waals surface area contributed by atoms with Crippen molar-refractivity contribution in [2.45, 2.75) is 6.42 Å². The Morgan fingerprint density at radius 1 is 1.05 bits per heavy atom. The topological polar surface area (TPSA) is 26.3 Å². The molecule has 98 valence electrons. The number of hydrogen-bond donors (Lipinski definition) is 0. The van der Waals surface area contributed by atoms with E-state index in [1.807, 2.05) is 54.6 Å². The van der Waals surface area contributed by atoms with Gasteiger partial charge in [-0.1, -0.05) is 54.6 Å². The zero-order valence-electron chi connectivity index (χ0n) is 12.8. The van der Waals surface area contributed by atoms with E-state index in [0.717, 1.165) is 22.3 Å². The first kappa shape index (κ1) is 9.54. The lowest BCUT2D eigenvalue weighted by Gasteiger charge is -2.23. The molecule has 1 saturated heterocycles. The Morgan fingerprint density at radius 3 is 2.65 bits per heavy atom. The molecule has 1 aliphatic carbocycles. The van der Waals surface area contributed by atoms with Crippen LogP contribution >= 0.6 is 0 Å². The second kappa shape index (κ2) is 4.34. The number of cyclic esters (lactones) is 1. The zero-order valence-corrected chi connectivity index (χ0v) is 10.8. The SMILES string of the molecule is [2H]C1([2H])OC(=O)C2=C(c3ccccc3)c3ccccc3CC21. The molecule has 4 rings (SSSR count). The van der Waals surface area contributed by atoms with Gasteiger partial charge in [0.05, 0.1) is 14.9 Å². The predicted octanol–water partition coefficient (Wildman–Crippen LogP) is 3.22. The van der Waals surface area contributed by atoms with Crippen LogP contribution in [0.4, 0.5) is 0 Å². The van der Waals surface area contributed by atoms with Crippen molar-refractivity contribution < 1.29 is 12.3 Å². The Morgan fingerprint density at radius 2 is 1.80 bits per heavy atom. The van der Waals surface area contributed by atoms with E-state index >= 15 is 0 Å². The molecule has 0 aromatic heterocycles. The summed E-state index contributed by atoms with van der Waals surface area (Å²) in [6.45, 7) is -1.94. The Labute approximate surface area is 120 Å². The van der Waals surface area contributed by atoms with Gasteiger partial charge in [0.1, 0.15) is 0 Å². The van der Waals surface area contributed by atoms with Crippen LogP contribution in [-0.2, 0) is 16.0 Å². The van der Waals surface area contributed by atoms with E-state index in [1.54, 1.807) is 0 Å². The molecule has 2 aliphatic rings. The lowest BCUT2D eigenvalue weighted by atomic mass is 9.77. The highest BCUT2D eigenvalue weighted by atomic mass is 16.5. The molecule has 1 heterocycles. The molecule has 1 unspecified atom stereocenters. The molecule has 1 atom stereocenters. The molecule has 0 radical (unpaired) electrons. The van der Waals surface area contributed by atoms with Gasteiger partial charge in [0.2, 0.25) is 0 Å². The molecular weight excluding hydrogens is 248 g/mol. The number of benzene rings is 2. The van der Waals surface area contributed by atoms with Crippen LogP contribution in [0.1, 0.15) is 19.4 Å². The van der Waals surface area contributed by atoms with Crippen molar-refractivity contribution in [3.05, 3.63) is 76.9 Å². The maximum absolute atomic E-state index is 12.3. The average Bonchev–Trinajstić information content (AvgIpc) is 2.75. The third-order valence-corrected chi connectivity index (χ3v) is 3.90. The fraction of sp³-hybridized carbons (Fsp3) is 0.167. The molecule has 0 N–H and O–H groups in total. The number of fused-ring (bicyclic) bond motifs is 2. The highest BCUT2D eigenvalue weighted by molar-refractivity contribution is 6.05. The highest BCUT2D eigenvalue weighted by Gasteiger charge is 2.38. The van der Waals surface area contributed by atoms with Gasteiger partial charge in [-0.25, -0.2) is 4.79 Å². The third-order valence-electron chi connectivity index (χ3n) is 3.90. The third kappa shape index (κ3) is 1.61. The van der Waals surface area contributed by atoms with Crippen molar-refractivity contribution >= 4 is 11.5 Å². The van der Waals surface area contributed by atoms with Gasteiger partial charge in [0.25, 0.3) is 0 Å². The van der Waals surface area contributed by atoms with Gasteiger partial charge in [0, 0.05) is 11.5 Å². The minimum atomic E-state index is -1.94. The Kier molecular flexibility index (Phi) is 2.07. The van der Waals surface area contributed by atoms with Gasteiger partial charge >= 0.3 is 5.97 Å². The smallest absolute Gasteiger partial charge is 0.335 e. The van der Waals surface area contributed by atoms with Crippen LogP contribution in [0.3, 0.4) is 0 Å². The van der Waals surface area contributed by atoms with Crippen molar-refractivity contribution in [3.8, 4) is 0 Å². The van der Waals surface area contributed by atoms with E-state index in [0.29, 0.717) is 12.0 Å². The molecule has 0 spiro atoms. The number of rotatable bonds is 1. The molecule has 2 heteroatoms. The Bertz CT molecular complexity index is 794. The zero-order chi connectivity index (χ0) is 15.3. The largest absolute Gasteiger partial charge is 0.462 e. The van der Waals surface area contributed by atoms with Gasteiger partial charge in [-0.05, 0) is 23.1 Å². The van der Waals surface area contributed by atoms with Crippen LogP contribution < -0.4 is 0 Å². The molecule has 0 amide bonds. The summed E-state index contributed by atoms with van der Waals surface area (Å²) in [5.74, 6) is -1.09. The molecule has 1 fully saturated rings. The lowest BCUT2D eigenvalue weighted by Crippen LogP contribution is -2.17. The molecule has 20 heavy (non-hydrogen) atoms. The molecular formula is C18H14O2. The number of carbonyl (C=O) groups is 1. The standard InChI is InChI=1S/C18H14O2/c19-18-17-14(11-20-18)10-13-8-4-5-9-15(13)16(17)12-6-2-1-3-7-12/h1-9,14H,10-11H2/i11D2. The van der Waals surface area contributed by atoms with Crippen LogP contribution in [0.25, 0.3) is 5.57 Å². The van der Waals surface area contributed by atoms with Gasteiger partial charge in [-0.3, -0.25) is 0 Å². The van der Waals surface area contributed by atoms with E-state index in [-0.39, 0.29) is 0 Å². The van der Waals surface area contributed by atoms with Crippen molar-refractivity contribution in [2.75, 3.05) is 6.56 Å². The normalized spacial score (nSPS) is 24.4. The summed E-state index contributed by atoms with van der Waals surface area (Å²) in [4.78, 5) is 12.3. The van der Waals surface area contributed by atoms with E-state index < -0.39 is 18.4 Å². The van der Waals surface area contributed by atoms with Gasteiger partial charge in [-0.15, -0.1) is 0 Å². The number of esters is 1. The second-order valence-corrected chi connectivity index (χ2v) is 5.08. The summed E-state index contributed by atoms with van der Waals surface area (Å²) in [6, 6.07) is 17.5. The van der Waals surface area contributed by atoms with Crippen molar-refractivity contribution in [1.82, 2.24) is 0 Å². The quantitative estimate of drug-likeness (QED) is 0.739. The maximum atomic E-state index is 12.3. The summed E-state index contributed by atoms with van der Waals surface area (Å²) in [5, 5.41) is 0. The molecule has 0 saturated carbocycles. The number of ether oxygens (including phenoxy) is 1. The van der Waals surface area contributed by atoms with Crippen LogP contribution in [0.2, 0.25) is 0 Å². The van der Waals surface area contributed by atoms with Crippen molar-refractivity contribution in [2.24, 2.45) is 5.92 Å². The minimum absolute atomic E-state index is 0.468. The predicted molar refractivity (Wildman–Crippen MR) is 77.1 cm³/mol. The van der Waals surface area contributed by atoms with Gasteiger partial charge < -0.3 is 4.74 Å².